The predicted octanol–water partition coefficient (Wildman–Crippen LogP) is 0.131. The van der Waals surface area contributed by atoms with Gasteiger partial charge in [-0.3, -0.25) is 4.79 Å². The normalized spacial score (nSPS) is 10.5. The summed E-state index contributed by atoms with van der Waals surface area (Å²) in [5, 5.41) is 5.09. The van der Waals surface area contributed by atoms with Crippen LogP contribution >= 0.6 is 24.0 Å². The van der Waals surface area contributed by atoms with E-state index in [4.69, 9.17) is 28.2 Å². The Kier molecular flexibility index (Phi) is 5.76. The molecule has 0 saturated carbocycles. The highest BCUT2D eigenvalue weighted by Gasteiger charge is 2.18. The number of rotatable bonds is 2. The van der Waals surface area contributed by atoms with E-state index in [9.17, 15) is 13.2 Å². The highest BCUT2D eigenvalue weighted by atomic mass is 35.5. The standard InChI is InChI=1S/C9H11ClN4O3S.ClH/c1-4-6(10)2-5(8(15)14-9(11)12)3-7(4)18(13,16)17;/h2-3H,1H3,(H2,13,16,17)(H4,11,12,14,15);1H. The molecule has 6 N–H and O–H groups in total. The first-order chi connectivity index (χ1) is 8.12. The van der Waals surface area contributed by atoms with Gasteiger partial charge in [0.1, 0.15) is 0 Å². The Bertz CT molecular complexity index is 639. The molecule has 7 nitrogen and oxygen atoms in total. The Morgan fingerprint density at radius 1 is 1.32 bits per heavy atom. The minimum Gasteiger partial charge on any atom is -0.370 e. The van der Waals surface area contributed by atoms with Crippen molar-refractivity contribution in [1.82, 2.24) is 0 Å². The van der Waals surface area contributed by atoms with E-state index in [0.717, 1.165) is 6.07 Å². The maximum absolute atomic E-state index is 11.6. The Hall–Kier alpha value is -1.35. The lowest BCUT2D eigenvalue weighted by atomic mass is 10.1. The Morgan fingerprint density at radius 2 is 1.84 bits per heavy atom. The van der Waals surface area contributed by atoms with Gasteiger partial charge in [-0.1, -0.05) is 11.6 Å². The van der Waals surface area contributed by atoms with Crippen molar-refractivity contribution in [2.75, 3.05) is 0 Å². The molecular formula is C9H12Cl2N4O3S. The van der Waals surface area contributed by atoms with Crippen molar-refractivity contribution in [3.63, 3.8) is 0 Å². The summed E-state index contributed by atoms with van der Waals surface area (Å²) in [6, 6.07) is 2.34. The number of nitrogens with two attached hydrogens (primary N) is 3. The van der Waals surface area contributed by atoms with Gasteiger partial charge >= 0.3 is 0 Å². The molecule has 0 fully saturated rings. The van der Waals surface area contributed by atoms with Gasteiger partial charge in [0.2, 0.25) is 10.0 Å². The number of hydrogen-bond acceptors (Lipinski definition) is 3. The number of sulfonamides is 1. The van der Waals surface area contributed by atoms with Gasteiger partial charge in [0.25, 0.3) is 5.91 Å². The van der Waals surface area contributed by atoms with Crippen LogP contribution in [0.25, 0.3) is 0 Å². The SMILES string of the molecule is Cc1c(Cl)cc(C(=O)N=C(N)N)cc1S(N)(=O)=O.Cl. The van der Waals surface area contributed by atoms with Crippen LogP contribution in [0, 0.1) is 6.92 Å². The third-order valence-electron chi connectivity index (χ3n) is 2.08. The zero-order chi connectivity index (χ0) is 14.1. The topological polar surface area (TPSA) is 142 Å². The van der Waals surface area contributed by atoms with Gasteiger partial charge in [0.05, 0.1) is 4.90 Å². The number of carbonyl (C=O) groups is 1. The van der Waals surface area contributed by atoms with Gasteiger partial charge < -0.3 is 11.5 Å². The lowest BCUT2D eigenvalue weighted by Crippen LogP contribution is -2.24. The van der Waals surface area contributed by atoms with E-state index in [1.807, 2.05) is 0 Å². The van der Waals surface area contributed by atoms with Crippen molar-refractivity contribution < 1.29 is 13.2 Å². The predicted molar refractivity (Wildman–Crippen MR) is 75.0 cm³/mol. The molecule has 0 bridgehead atoms. The second-order valence-corrected chi connectivity index (χ2v) is 5.41. The van der Waals surface area contributed by atoms with E-state index in [2.05, 4.69) is 4.99 Å². The molecule has 106 valence electrons. The van der Waals surface area contributed by atoms with Gasteiger partial charge in [0, 0.05) is 10.6 Å². The second kappa shape index (κ2) is 6.20. The summed E-state index contributed by atoms with van der Waals surface area (Å²) >= 11 is 5.82. The minimum absolute atomic E-state index is 0. The highest BCUT2D eigenvalue weighted by molar-refractivity contribution is 7.89. The Morgan fingerprint density at radius 3 is 2.26 bits per heavy atom. The molecular weight excluding hydrogens is 315 g/mol. The zero-order valence-electron chi connectivity index (χ0n) is 9.75. The number of halogens is 2. The molecule has 1 amide bonds. The fourth-order valence-electron chi connectivity index (χ4n) is 1.25. The third kappa shape index (κ3) is 4.35. The maximum atomic E-state index is 11.6. The molecule has 0 saturated heterocycles. The first-order valence-corrected chi connectivity index (χ1v) is 6.52. The van der Waals surface area contributed by atoms with Crippen LogP contribution in [-0.4, -0.2) is 20.3 Å². The molecule has 0 radical (unpaired) electrons. The van der Waals surface area contributed by atoms with Gasteiger partial charge in [-0.2, -0.15) is 4.99 Å². The summed E-state index contributed by atoms with van der Waals surface area (Å²) in [5.74, 6) is -1.24. The van der Waals surface area contributed by atoms with Gasteiger partial charge in [-0.25, -0.2) is 13.6 Å². The highest BCUT2D eigenvalue weighted by Crippen LogP contribution is 2.24. The lowest BCUT2D eigenvalue weighted by molar-refractivity contribution is 0.100. The lowest BCUT2D eigenvalue weighted by Gasteiger charge is -2.07. The molecule has 1 rings (SSSR count). The van der Waals surface area contributed by atoms with Crippen molar-refractivity contribution in [3.8, 4) is 0 Å². The molecule has 1 aromatic carbocycles. The summed E-state index contributed by atoms with van der Waals surface area (Å²) in [7, 11) is -3.99. The number of primary sulfonamides is 1. The van der Waals surface area contributed by atoms with Crippen LogP contribution < -0.4 is 16.6 Å². The Balaban J connectivity index is 0.00000324. The third-order valence-corrected chi connectivity index (χ3v) is 3.51. The van der Waals surface area contributed by atoms with Crippen LogP contribution in [0.15, 0.2) is 22.0 Å². The summed E-state index contributed by atoms with van der Waals surface area (Å²) in [5.41, 5.74) is 10.3. The molecule has 0 aromatic heterocycles. The fraction of sp³-hybridized carbons (Fsp3) is 0.111. The van der Waals surface area contributed by atoms with E-state index in [1.54, 1.807) is 0 Å². The number of guanidine groups is 1. The van der Waals surface area contributed by atoms with E-state index in [0.29, 0.717) is 0 Å². The largest absolute Gasteiger partial charge is 0.370 e. The number of amides is 1. The van der Waals surface area contributed by atoms with E-state index < -0.39 is 21.9 Å². The first kappa shape index (κ1) is 17.6. The molecule has 0 heterocycles. The fourth-order valence-corrected chi connectivity index (χ4v) is 2.36. The first-order valence-electron chi connectivity index (χ1n) is 4.60. The smallest absolute Gasteiger partial charge is 0.280 e. The molecule has 0 aliphatic heterocycles. The molecule has 10 heteroatoms. The summed E-state index contributed by atoms with van der Waals surface area (Å²) in [4.78, 5) is 14.6. The molecule has 0 atom stereocenters. The van der Waals surface area contributed by atoms with Crippen molar-refractivity contribution >= 4 is 45.9 Å². The van der Waals surface area contributed by atoms with Crippen LogP contribution in [-0.2, 0) is 10.0 Å². The zero-order valence-corrected chi connectivity index (χ0v) is 12.1. The van der Waals surface area contributed by atoms with Crippen LogP contribution in [0.2, 0.25) is 5.02 Å². The van der Waals surface area contributed by atoms with Crippen LogP contribution in [0.3, 0.4) is 0 Å². The monoisotopic (exact) mass is 326 g/mol. The Labute approximate surface area is 121 Å². The van der Waals surface area contributed by atoms with Crippen molar-refractivity contribution in [2.24, 2.45) is 21.6 Å². The molecule has 19 heavy (non-hydrogen) atoms. The van der Waals surface area contributed by atoms with Gasteiger partial charge in [-0.15, -0.1) is 12.4 Å². The van der Waals surface area contributed by atoms with Gasteiger partial charge in [0.15, 0.2) is 5.96 Å². The van der Waals surface area contributed by atoms with Crippen molar-refractivity contribution in [1.29, 1.82) is 0 Å². The van der Waals surface area contributed by atoms with E-state index in [1.165, 1.54) is 13.0 Å². The average molecular weight is 327 g/mol. The number of benzene rings is 1. The van der Waals surface area contributed by atoms with Crippen LogP contribution in [0.4, 0.5) is 0 Å². The van der Waals surface area contributed by atoms with Crippen molar-refractivity contribution in [3.05, 3.63) is 28.3 Å². The van der Waals surface area contributed by atoms with Gasteiger partial charge in [-0.05, 0) is 24.6 Å². The second-order valence-electron chi connectivity index (χ2n) is 3.47. The summed E-state index contributed by atoms with van der Waals surface area (Å²) in [6.07, 6.45) is 0. The van der Waals surface area contributed by atoms with Crippen LogP contribution in [0.5, 0.6) is 0 Å². The van der Waals surface area contributed by atoms with E-state index in [-0.39, 0.29) is 33.5 Å². The quantitative estimate of drug-likeness (QED) is 0.523. The summed E-state index contributed by atoms with van der Waals surface area (Å²) in [6.45, 7) is 1.47. The number of hydrogen-bond donors (Lipinski definition) is 3. The number of aliphatic imine (C=N–C) groups is 1. The van der Waals surface area contributed by atoms with E-state index >= 15 is 0 Å². The van der Waals surface area contributed by atoms with Crippen molar-refractivity contribution in [2.45, 2.75) is 11.8 Å². The minimum atomic E-state index is -3.99. The van der Waals surface area contributed by atoms with Crippen LogP contribution in [0.1, 0.15) is 15.9 Å². The molecule has 1 aromatic rings. The average Bonchev–Trinajstić information content (AvgIpc) is 2.18. The number of carbonyl (C=O) groups excluding carboxylic acids is 1. The molecule has 0 spiro atoms. The summed E-state index contributed by atoms with van der Waals surface area (Å²) < 4.78 is 22.7. The number of nitrogens with zero attached hydrogens (tertiary/aromatic N) is 1. The maximum Gasteiger partial charge on any atom is 0.280 e. The molecule has 0 aliphatic rings. The molecule has 0 aliphatic carbocycles. The molecule has 0 unspecified atom stereocenters.